The average molecular weight is 445 g/mol. The van der Waals surface area contributed by atoms with Crippen molar-refractivity contribution in [2.75, 3.05) is 20.2 Å². The van der Waals surface area contributed by atoms with Crippen LogP contribution in [0.5, 0.6) is 5.75 Å². The van der Waals surface area contributed by atoms with Gasteiger partial charge in [-0.2, -0.15) is 0 Å². The highest BCUT2D eigenvalue weighted by atomic mass is 35.5. The summed E-state index contributed by atoms with van der Waals surface area (Å²) < 4.78 is 13.2. The molecule has 10 heteroatoms. The number of aromatic nitrogens is 3. The van der Waals surface area contributed by atoms with Crippen LogP contribution >= 0.6 is 24.8 Å². The predicted octanol–water partition coefficient (Wildman–Crippen LogP) is 2.70. The summed E-state index contributed by atoms with van der Waals surface area (Å²) in [4.78, 5) is 13.3. The molecule has 0 amide bonds. The lowest BCUT2D eigenvalue weighted by molar-refractivity contribution is -0.143. The summed E-state index contributed by atoms with van der Waals surface area (Å²) in [5, 5.41) is 17.8. The molecular formula is C19H26Cl2N4O4. The number of methoxy groups -OCH3 is 1. The van der Waals surface area contributed by atoms with E-state index >= 15 is 0 Å². The number of carboxylic acid groups (broad SMARTS) is 1. The molecule has 1 aromatic heterocycles. The van der Waals surface area contributed by atoms with E-state index in [1.807, 2.05) is 28.9 Å². The van der Waals surface area contributed by atoms with Gasteiger partial charge in [0.15, 0.2) is 0 Å². The SMILES string of the molecule is COc1ccc(C2Cn3nnc(CN4CCC(C(=O)O)CC4)c3CO2)cc1.Cl.Cl. The van der Waals surface area contributed by atoms with Crippen LogP contribution in [0.1, 0.15) is 35.9 Å². The van der Waals surface area contributed by atoms with E-state index in [2.05, 4.69) is 15.2 Å². The fraction of sp³-hybridized carbons (Fsp3) is 0.526. The van der Waals surface area contributed by atoms with Crippen molar-refractivity contribution in [3.05, 3.63) is 41.2 Å². The van der Waals surface area contributed by atoms with Gasteiger partial charge in [0.2, 0.25) is 0 Å². The van der Waals surface area contributed by atoms with Gasteiger partial charge in [0, 0.05) is 6.54 Å². The molecule has 2 aliphatic heterocycles. The third-order valence-electron chi connectivity index (χ3n) is 5.48. The topological polar surface area (TPSA) is 89.7 Å². The van der Waals surface area contributed by atoms with Gasteiger partial charge in [-0.05, 0) is 43.6 Å². The Labute approximate surface area is 182 Å². The van der Waals surface area contributed by atoms with Crippen LogP contribution in [-0.4, -0.2) is 51.2 Å². The van der Waals surface area contributed by atoms with E-state index in [-0.39, 0.29) is 36.8 Å². The number of rotatable bonds is 5. The van der Waals surface area contributed by atoms with Crippen molar-refractivity contribution in [3.63, 3.8) is 0 Å². The molecule has 160 valence electrons. The van der Waals surface area contributed by atoms with Crippen molar-refractivity contribution in [1.82, 2.24) is 19.9 Å². The van der Waals surface area contributed by atoms with Gasteiger partial charge in [0.25, 0.3) is 0 Å². The number of hydrogen-bond donors (Lipinski definition) is 1. The molecular weight excluding hydrogens is 419 g/mol. The van der Waals surface area contributed by atoms with Crippen LogP contribution in [0.25, 0.3) is 0 Å². The Morgan fingerprint density at radius 1 is 1.24 bits per heavy atom. The van der Waals surface area contributed by atoms with Crippen molar-refractivity contribution in [2.45, 2.75) is 38.6 Å². The molecule has 1 N–H and O–H groups in total. The quantitative estimate of drug-likeness (QED) is 0.757. The van der Waals surface area contributed by atoms with Crippen LogP contribution in [0.2, 0.25) is 0 Å². The average Bonchev–Trinajstić information content (AvgIpc) is 3.10. The number of hydrogen-bond acceptors (Lipinski definition) is 6. The number of halogens is 2. The highest BCUT2D eigenvalue weighted by Crippen LogP contribution is 2.29. The molecule has 3 heterocycles. The maximum absolute atomic E-state index is 11.1. The lowest BCUT2D eigenvalue weighted by Crippen LogP contribution is -2.36. The van der Waals surface area contributed by atoms with E-state index in [1.165, 1.54) is 0 Å². The molecule has 1 unspecified atom stereocenters. The van der Waals surface area contributed by atoms with Gasteiger partial charge in [-0.3, -0.25) is 9.69 Å². The molecule has 29 heavy (non-hydrogen) atoms. The number of benzene rings is 1. The third kappa shape index (κ3) is 5.19. The minimum Gasteiger partial charge on any atom is -0.497 e. The van der Waals surface area contributed by atoms with E-state index < -0.39 is 5.97 Å². The number of carboxylic acids is 1. The molecule has 1 atom stereocenters. The van der Waals surface area contributed by atoms with Crippen molar-refractivity contribution >= 4 is 30.8 Å². The van der Waals surface area contributed by atoms with E-state index in [0.29, 0.717) is 32.5 Å². The summed E-state index contributed by atoms with van der Waals surface area (Å²) in [5.74, 6) is -0.0810. The zero-order valence-corrected chi connectivity index (χ0v) is 17.8. The van der Waals surface area contributed by atoms with E-state index in [4.69, 9.17) is 14.6 Å². The summed E-state index contributed by atoms with van der Waals surface area (Å²) in [7, 11) is 1.65. The number of likely N-dealkylation sites (tertiary alicyclic amines) is 1. The zero-order chi connectivity index (χ0) is 18.8. The Morgan fingerprint density at radius 2 is 1.93 bits per heavy atom. The van der Waals surface area contributed by atoms with Crippen molar-refractivity contribution in [3.8, 4) is 5.75 Å². The van der Waals surface area contributed by atoms with Crippen molar-refractivity contribution in [2.24, 2.45) is 5.92 Å². The van der Waals surface area contributed by atoms with Crippen LogP contribution in [0.4, 0.5) is 0 Å². The minimum atomic E-state index is -0.686. The van der Waals surface area contributed by atoms with Gasteiger partial charge in [-0.15, -0.1) is 29.9 Å². The number of aliphatic carboxylic acids is 1. The van der Waals surface area contributed by atoms with Gasteiger partial charge >= 0.3 is 5.97 Å². The lowest BCUT2D eigenvalue weighted by Gasteiger charge is -2.30. The normalized spacial score (nSPS) is 19.6. The largest absolute Gasteiger partial charge is 0.497 e. The second kappa shape index (κ2) is 10.2. The Morgan fingerprint density at radius 3 is 2.55 bits per heavy atom. The van der Waals surface area contributed by atoms with Gasteiger partial charge in [-0.25, -0.2) is 4.68 Å². The molecule has 8 nitrogen and oxygen atoms in total. The van der Waals surface area contributed by atoms with E-state index in [1.54, 1.807) is 7.11 Å². The Hall–Kier alpha value is -1.87. The van der Waals surface area contributed by atoms with Crippen LogP contribution in [0.15, 0.2) is 24.3 Å². The summed E-state index contributed by atoms with van der Waals surface area (Å²) in [5.41, 5.74) is 3.03. The Balaban J connectivity index is 0.00000150. The predicted molar refractivity (Wildman–Crippen MR) is 111 cm³/mol. The number of fused-ring (bicyclic) bond motifs is 1. The Bertz CT molecular complexity index is 807. The fourth-order valence-electron chi connectivity index (χ4n) is 3.76. The van der Waals surface area contributed by atoms with Crippen molar-refractivity contribution < 1.29 is 19.4 Å². The summed E-state index contributed by atoms with van der Waals surface area (Å²) in [6.07, 6.45) is 1.33. The Kier molecular flexibility index (Phi) is 8.27. The molecule has 0 spiro atoms. The highest BCUT2D eigenvalue weighted by Gasteiger charge is 2.28. The first-order valence-electron chi connectivity index (χ1n) is 9.26. The second-order valence-corrected chi connectivity index (χ2v) is 7.13. The first kappa shape index (κ1) is 23.4. The summed E-state index contributed by atoms with van der Waals surface area (Å²) in [6, 6.07) is 7.89. The van der Waals surface area contributed by atoms with Gasteiger partial charge in [-0.1, -0.05) is 17.3 Å². The molecule has 2 aromatic rings. The van der Waals surface area contributed by atoms with Gasteiger partial charge in [0.05, 0.1) is 31.9 Å². The fourth-order valence-corrected chi connectivity index (χ4v) is 3.76. The van der Waals surface area contributed by atoms with Crippen LogP contribution in [0.3, 0.4) is 0 Å². The maximum atomic E-state index is 11.1. The molecule has 2 aliphatic rings. The van der Waals surface area contributed by atoms with Gasteiger partial charge < -0.3 is 14.6 Å². The summed E-state index contributed by atoms with van der Waals surface area (Å²) >= 11 is 0. The third-order valence-corrected chi connectivity index (χ3v) is 5.48. The highest BCUT2D eigenvalue weighted by molar-refractivity contribution is 5.85. The number of ether oxygens (including phenoxy) is 2. The first-order valence-corrected chi connectivity index (χ1v) is 9.26. The monoisotopic (exact) mass is 444 g/mol. The first-order chi connectivity index (χ1) is 13.1. The summed E-state index contributed by atoms with van der Waals surface area (Å²) in [6.45, 7) is 3.36. The maximum Gasteiger partial charge on any atom is 0.306 e. The molecule has 1 fully saturated rings. The van der Waals surface area contributed by atoms with Gasteiger partial charge in [0.1, 0.15) is 17.5 Å². The minimum absolute atomic E-state index is 0. The number of piperidine rings is 1. The molecule has 0 aliphatic carbocycles. The molecule has 0 saturated carbocycles. The smallest absolute Gasteiger partial charge is 0.306 e. The van der Waals surface area contributed by atoms with Crippen LogP contribution in [-0.2, 0) is 29.2 Å². The standard InChI is InChI=1S/C19H24N4O4.2ClH/c1-26-15-4-2-13(3-5-15)18-11-23-17(12-27-18)16(20-21-23)10-22-8-6-14(7-9-22)19(24)25;;/h2-5,14,18H,6-12H2,1H3,(H,24,25);2*1H. The van der Waals surface area contributed by atoms with Crippen LogP contribution < -0.4 is 4.74 Å². The van der Waals surface area contributed by atoms with Crippen LogP contribution in [0, 0.1) is 5.92 Å². The van der Waals surface area contributed by atoms with E-state index in [0.717, 1.165) is 35.8 Å². The molecule has 1 aromatic carbocycles. The second-order valence-electron chi connectivity index (χ2n) is 7.13. The van der Waals surface area contributed by atoms with E-state index in [9.17, 15) is 4.79 Å². The van der Waals surface area contributed by atoms with Crippen molar-refractivity contribution in [1.29, 1.82) is 0 Å². The molecule has 4 rings (SSSR count). The molecule has 1 saturated heterocycles. The molecule has 0 bridgehead atoms. The number of carbonyl (C=O) groups is 1. The lowest BCUT2D eigenvalue weighted by atomic mass is 9.97. The number of nitrogens with zero attached hydrogens (tertiary/aromatic N) is 4. The zero-order valence-electron chi connectivity index (χ0n) is 16.2. The molecule has 0 radical (unpaired) electrons.